The number of nitrogens with zero attached hydrogens (tertiary/aromatic N) is 2. The molecule has 0 heterocycles. The second-order valence-corrected chi connectivity index (χ2v) is 12.4. The largest absolute Gasteiger partial charge is 0.494 e. The molecule has 0 aliphatic heterocycles. The summed E-state index contributed by atoms with van der Waals surface area (Å²) in [5.41, 5.74) is 1.97. The zero-order chi connectivity index (χ0) is 30.9. The molecule has 0 spiro atoms. The monoisotopic (exact) mass is 613 g/mol. The topological polar surface area (TPSA) is 96.0 Å². The molecule has 0 bridgehead atoms. The van der Waals surface area contributed by atoms with Gasteiger partial charge in [0.2, 0.25) is 11.8 Å². The third-order valence-corrected chi connectivity index (χ3v) is 9.02. The third-order valence-electron chi connectivity index (χ3n) is 6.98. The SMILES string of the molecule is CCOc1ccc(N(CC(=O)N(Cc2ccc(Cl)cc2)[C@H](CC)C(=O)N[C@@H](C)CC)S(=O)(=O)c2ccc(C)cc2)cc1. The summed E-state index contributed by atoms with van der Waals surface area (Å²) in [6.07, 6.45) is 1.07. The molecule has 3 aromatic rings. The van der Waals surface area contributed by atoms with Gasteiger partial charge in [0, 0.05) is 17.6 Å². The van der Waals surface area contributed by atoms with Crippen molar-refractivity contribution in [3.8, 4) is 5.75 Å². The van der Waals surface area contributed by atoms with Crippen molar-refractivity contribution in [1.29, 1.82) is 0 Å². The fourth-order valence-electron chi connectivity index (χ4n) is 4.39. The van der Waals surface area contributed by atoms with Crippen molar-refractivity contribution < 1.29 is 22.7 Å². The van der Waals surface area contributed by atoms with Gasteiger partial charge in [-0.15, -0.1) is 0 Å². The fourth-order valence-corrected chi connectivity index (χ4v) is 5.93. The predicted octanol–water partition coefficient (Wildman–Crippen LogP) is 5.96. The highest BCUT2D eigenvalue weighted by atomic mass is 35.5. The number of benzene rings is 3. The molecular weight excluding hydrogens is 574 g/mol. The Morgan fingerprint density at radius 1 is 0.905 bits per heavy atom. The van der Waals surface area contributed by atoms with Gasteiger partial charge in [-0.1, -0.05) is 55.3 Å². The normalized spacial score (nSPS) is 12.7. The van der Waals surface area contributed by atoms with Crippen LogP contribution in [0.25, 0.3) is 0 Å². The van der Waals surface area contributed by atoms with Gasteiger partial charge in [-0.25, -0.2) is 8.42 Å². The fraction of sp³-hybridized carbons (Fsp3) is 0.375. The number of carbonyl (C=O) groups is 2. The number of hydrogen-bond donors (Lipinski definition) is 1. The molecule has 3 aromatic carbocycles. The van der Waals surface area contributed by atoms with E-state index < -0.39 is 28.5 Å². The first-order valence-electron chi connectivity index (χ1n) is 14.2. The van der Waals surface area contributed by atoms with Crippen molar-refractivity contribution in [1.82, 2.24) is 10.2 Å². The van der Waals surface area contributed by atoms with Crippen molar-refractivity contribution in [3.05, 3.63) is 88.9 Å². The van der Waals surface area contributed by atoms with Crippen LogP contribution >= 0.6 is 11.6 Å². The maximum Gasteiger partial charge on any atom is 0.264 e. The van der Waals surface area contributed by atoms with Crippen molar-refractivity contribution in [2.75, 3.05) is 17.5 Å². The van der Waals surface area contributed by atoms with E-state index >= 15 is 0 Å². The van der Waals surface area contributed by atoms with Crippen LogP contribution in [0.15, 0.2) is 77.7 Å². The van der Waals surface area contributed by atoms with Crippen LogP contribution in [0, 0.1) is 6.92 Å². The Kier molecular flexibility index (Phi) is 11.8. The van der Waals surface area contributed by atoms with Crippen molar-refractivity contribution in [2.24, 2.45) is 0 Å². The van der Waals surface area contributed by atoms with Crippen LogP contribution in [0.5, 0.6) is 5.75 Å². The Bertz CT molecular complexity index is 1430. The van der Waals surface area contributed by atoms with Gasteiger partial charge in [0.25, 0.3) is 10.0 Å². The third kappa shape index (κ3) is 8.49. The standard InChI is InChI=1S/C32H40ClN3O5S/c1-6-24(5)34-32(38)30(7-2)35(21-25-11-13-26(33)14-12-25)31(37)22-36(27-15-17-28(18-16-27)41-8-3)42(39,40)29-19-9-23(4)10-20-29/h9-20,24,30H,6-8,21-22H2,1-5H3,(H,34,38)/t24-,30+/m0/s1. The maximum atomic E-state index is 14.1. The van der Waals surface area contributed by atoms with Gasteiger partial charge in [0.05, 0.1) is 17.2 Å². The Morgan fingerprint density at radius 2 is 1.52 bits per heavy atom. The molecule has 3 rings (SSSR count). The lowest BCUT2D eigenvalue weighted by Gasteiger charge is -2.33. The van der Waals surface area contributed by atoms with Crippen LogP contribution in [0.4, 0.5) is 5.69 Å². The number of amides is 2. The van der Waals surface area contributed by atoms with E-state index in [1.165, 1.54) is 17.0 Å². The highest BCUT2D eigenvalue weighted by Gasteiger charge is 2.34. The number of sulfonamides is 1. The van der Waals surface area contributed by atoms with Gasteiger partial charge in [-0.3, -0.25) is 13.9 Å². The van der Waals surface area contributed by atoms with Gasteiger partial charge in [-0.05, 0) is 87.7 Å². The molecule has 0 aliphatic carbocycles. The maximum absolute atomic E-state index is 14.1. The number of nitrogens with one attached hydrogen (secondary N) is 1. The molecule has 0 saturated heterocycles. The molecule has 226 valence electrons. The second kappa shape index (κ2) is 15.1. The Morgan fingerprint density at radius 3 is 2.07 bits per heavy atom. The van der Waals surface area contributed by atoms with Crippen LogP contribution in [0.2, 0.25) is 5.02 Å². The summed E-state index contributed by atoms with van der Waals surface area (Å²) in [6.45, 7) is 9.47. The van der Waals surface area contributed by atoms with Gasteiger partial charge in [0.15, 0.2) is 0 Å². The number of aryl methyl sites for hydroxylation is 1. The Balaban J connectivity index is 2.05. The minimum atomic E-state index is -4.15. The van der Waals surface area contributed by atoms with Crippen molar-refractivity contribution in [3.63, 3.8) is 0 Å². The van der Waals surface area contributed by atoms with E-state index in [1.807, 2.05) is 34.6 Å². The summed E-state index contributed by atoms with van der Waals surface area (Å²) in [7, 11) is -4.15. The van der Waals surface area contributed by atoms with E-state index in [4.69, 9.17) is 16.3 Å². The van der Waals surface area contributed by atoms with Gasteiger partial charge in [-0.2, -0.15) is 0 Å². The Labute approximate surface area is 254 Å². The second-order valence-electron chi connectivity index (χ2n) is 10.1. The van der Waals surface area contributed by atoms with Crippen LogP contribution < -0.4 is 14.4 Å². The summed E-state index contributed by atoms with van der Waals surface area (Å²) < 4.78 is 34.6. The molecule has 10 heteroatoms. The van der Waals surface area contributed by atoms with Gasteiger partial charge < -0.3 is 15.0 Å². The minimum absolute atomic E-state index is 0.0561. The molecule has 2 atom stereocenters. The predicted molar refractivity (Wildman–Crippen MR) is 167 cm³/mol. The quantitative estimate of drug-likeness (QED) is 0.242. The number of anilines is 1. The highest BCUT2D eigenvalue weighted by molar-refractivity contribution is 7.92. The van der Waals surface area contributed by atoms with Crippen LogP contribution in [-0.2, 0) is 26.2 Å². The molecule has 8 nitrogen and oxygen atoms in total. The lowest BCUT2D eigenvalue weighted by atomic mass is 10.1. The first-order chi connectivity index (χ1) is 20.0. The van der Waals surface area contributed by atoms with Crippen LogP contribution in [0.1, 0.15) is 51.7 Å². The minimum Gasteiger partial charge on any atom is -0.494 e. The summed E-state index contributed by atoms with van der Waals surface area (Å²) in [5.74, 6) is -0.221. The van der Waals surface area contributed by atoms with E-state index in [9.17, 15) is 18.0 Å². The number of ether oxygens (including phenoxy) is 1. The van der Waals surface area contributed by atoms with Crippen LogP contribution in [-0.4, -0.2) is 50.4 Å². The molecule has 42 heavy (non-hydrogen) atoms. The number of hydrogen-bond acceptors (Lipinski definition) is 5. The van der Waals surface area contributed by atoms with E-state index in [0.717, 1.165) is 21.9 Å². The molecule has 0 unspecified atom stereocenters. The first kappa shape index (κ1) is 32.9. The van der Waals surface area contributed by atoms with Crippen LogP contribution in [0.3, 0.4) is 0 Å². The summed E-state index contributed by atoms with van der Waals surface area (Å²) in [5, 5.41) is 3.52. The molecule has 1 N–H and O–H groups in total. The van der Waals surface area contributed by atoms with E-state index in [0.29, 0.717) is 29.5 Å². The summed E-state index contributed by atoms with van der Waals surface area (Å²) >= 11 is 6.08. The number of halogens is 1. The number of rotatable bonds is 14. The molecule has 0 fully saturated rings. The lowest BCUT2D eigenvalue weighted by Crippen LogP contribution is -2.53. The first-order valence-corrected chi connectivity index (χ1v) is 16.0. The molecular formula is C32H40ClN3O5S. The van der Waals surface area contributed by atoms with E-state index in [-0.39, 0.29) is 23.4 Å². The zero-order valence-corrected chi connectivity index (χ0v) is 26.4. The molecule has 0 aromatic heterocycles. The Hall–Kier alpha value is -3.56. The van der Waals surface area contributed by atoms with E-state index in [1.54, 1.807) is 60.7 Å². The summed E-state index contributed by atoms with van der Waals surface area (Å²) in [6, 6.07) is 19.1. The molecule has 0 radical (unpaired) electrons. The molecule has 2 amide bonds. The van der Waals surface area contributed by atoms with Gasteiger partial charge in [0.1, 0.15) is 18.3 Å². The van der Waals surface area contributed by atoms with Crippen molar-refractivity contribution >= 4 is 39.1 Å². The summed E-state index contributed by atoms with van der Waals surface area (Å²) in [4.78, 5) is 29.0. The zero-order valence-electron chi connectivity index (χ0n) is 24.8. The molecule has 0 saturated carbocycles. The smallest absolute Gasteiger partial charge is 0.264 e. The molecule has 0 aliphatic rings. The highest BCUT2D eigenvalue weighted by Crippen LogP contribution is 2.27. The van der Waals surface area contributed by atoms with E-state index in [2.05, 4.69) is 5.32 Å². The number of carbonyl (C=O) groups excluding carboxylic acids is 2. The van der Waals surface area contributed by atoms with Gasteiger partial charge >= 0.3 is 0 Å². The van der Waals surface area contributed by atoms with Crippen molar-refractivity contribution in [2.45, 2.75) is 71.0 Å². The lowest BCUT2D eigenvalue weighted by molar-refractivity contribution is -0.140. The average Bonchev–Trinajstić information content (AvgIpc) is 2.97. The average molecular weight is 614 g/mol.